The van der Waals surface area contributed by atoms with E-state index in [9.17, 15) is 9.59 Å². The van der Waals surface area contributed by atoms with Gasteiger partial charge in [0, 0.05) is 23.7 Å². The first kappa shape index (κ1) is 18.5. The van der Waals surface area contributed by atoms with Crippen LogP contribution >= 0.6 is 0 Å². The maximum atomic E-state index is 12.2. The second kappa shape index (κ2) is 7.82. The van der Waals surface area contributed by atoms with Gasteiger partial charge in [0.1, 0.15) is 0 Å². The number of carbonyl (C=O) groups is 2. The Morgan fingerprint density at radius 3 is 2.25 bits per heavy atom. The fourth-order valence-corrected chi connectivity index (χ4v) is 2.84. The zero-order valence-electron chi connectivity index (χ0n) is 15.3. The number of hydrogen-bond acceptors (Lipinski definition) is 2. The minimum atomic E-state index is -0.0267. The van der Waals surface area contributed by atoms with Crippen molar-refractivity contribution in [2.75, 3.05) is 5.32 Å². The van der Waals surface area contributed by atoms with E-state index >= 15 is 0 Å². The van der Waals surface area contributed by atoms with Gasteiger partial charge in [0.15, 0.2) is 0 Å². The van der Waals surface area contributed by atoms with Gasteiger partial charge in [0.05, 0.1) is 0 Å². The summed E-state index contributed by atoms with van der Waals surface area (Å²) in [6.07, 6.45) is 5.04. The van der Waals surface area contributed by atoms with Crippen molar-refractivity contribution in [1.29, 1.82) is 0 Å². The number of hydrogen-bond donors (Lipinski definition) is 2. The third-order valence-corrected chi connectivity index (χ3v) is 5.09. The van der Waals surface area contributed by atoms with Gasteiger partial charge >= 0.3 is 0 Å². The molecule has 0 saturated heterocycles. The van der Waals surface area contributed by atoms with Crippen LogP contribution in [0.5, 0.6) is 0 Å². The zero-order chi connectivity index (χ0) is 17.7. The molecule has 1 unspecified atom stereocenters. The molecule has 1 saturated carbocycles. The van der Waals surface area contributed by atoms with Crippen LogP contribution in [0, 0.1) is 11.3 Å². The maximum Gasteiger partial charge on any atom is 0.251 e. The fourth-order valence-electron chi connectivity index (χ4n) is 2.84. The number of rotatable bonds is 5. The molecule has 0 aliphatic heterocycles. The first-order valence-corrected chi connectivity index (χ1v) is 8.96. The van der Waals surface area contributed by atoms with Crippen LogP contribution < -0.4 is 10.6 Å². The minimum absolute atomic E-state index is 0.0144. The van der Waals surface area contributed by atoms with Gasteiger partial charge in [0.2, 0.25) is 5.91 Å². The molecule has 0 aromatic heterocycles. The van der Waals surface area contributed by atoms with Crippen molar-refractivity contribution in [1.82, 2.24) is 5.32 Å². The molecular formula is C20H30N2O2. The van der Waals surface area contributed by atoms with Crippen LogP contribution in [0.25, 0.3) is 0 Å². The van der Waals surface area contributed by atoms with Crippen LogP contribution in [0.15, 0.2) is 24.3 Å². The summed E-state index contributed by atoms with van der Waals surface area (Å²) in [5.41, 5.74) is 1.49. The Labute approximate surface area is 145 Å². The highest BCUT2D eigenvalue weighted by Gasteiger charge is 2.22. The van der Waals surface area contributed by atoms with E-state index in [1.165, 1.54) is 12.8 Å². The van der Waals surface area contributed by atoms with Crippen molar-refractivity contribution in [2.45, 2.75) is 65.8 Å². The molecule has 2 amide bonds. The molecule has 1 aromatic rings. The van der Waals surface area contributed by atoms with E-state index in [1.54, 1.807) is 24.3 Å². The van der Waals surface area contributed by atoms with Gasteiger partial charge in [-0.15, -0.1) is 0 Å². The Morgan fingerprint density at radius 2 is 1.71 bits per heavy atom. The Hall–Kier alpha value is -1.84. The molecule has 24 heavy (non-hydrogen) atoms. The molecule has 1 atom stereocenters. The lowest BCUT2D eigenvalue weighted by Crippen LogP contribution is -2.32. The minimum Gasteiger partial charge on any atom is -0.349 e. The van der Waals surface area contributed by atoms with Crippen LogP contribution in [0.2, 0.25) is 0 Å². The highest BCUT2D eigenvalue weighted by Crippen LogP contribution is 2.28. The number of nitrogens with one attached hydrogen (secondary N) is 2. The summed E-state index contributed by atoms with van der Waals surface area (Å²) < 4.78 is 0. The van der Waals surface area contributed by atoms with Crippen molar-refractivity contribution >= 4 is 17.5 Å². The SMILES string of the molecule is CC(CC(=O)Nc1ccc(C(=O)NC2CCCC2)cc1)C(C)(C)C. The number of carbonyl (C=O) groups excluding carboxylic acids is 2. The summed E-state index contributed by atoms with van der Waals surface area (Å²) in [5, 5.41) is 5.99. The summed E-state index contributed by atoms with van der Waals surface area (Å²) in [7, 11) is 0. The lowest BCUT2D eigenvalue weighted by molar-refractivity contribution is -0.117. The molecule has 2 N–H and O–H groups in total. The van der Waals surface area contributed by atoms with Crippen LogP contribution in [-0.4, -0.2) is 17.9 Å². The van der Waals surface area contributed by atoms with Crippen molar-refractivity contribution in [3.63, 3.8) is 0 Å². The van der Waals surface area contributed by atoms with E-state index in [0.29, 0.717) is 23.9 Å². The van der Waals surface area contributed by atoms with Gasteiger partial charge < -0.3 is 10.6 Å². The third-order valence-electron chi connectivity index (χ3n) is 5.09. The monoisotopic (exact) mass is 330 g/mol. The summed E-state index contributed by atoms with van der Waals surface area (Å²) >= 11 is 0. The Bertz CT molecular complexity index is 566. The van der Waals surface area contributed by atoms with Crippen LogP contribution in [0.1, 0.15) is 70.2 Å². The molecule has 4 heteroatoms. The molecule has 1 fully saturated rings. The van der Waals surface area contributed by atoms with Crippen LogP contribution in [-0.2, 0) is 4.79 Å². The first-order valence-electron chi connectivity index (χ1n) is 8.96. The van der Waals surface area contributed by atoms with E-state index in [-0.39, 0.29) is 17.2 Å². The second-order valence-electron chi connectivity index (χ2n) is 8.05. The van der Waals surface area contributed by atoms with Crippen molar-refractivity contribution in [3.8, 4) is 0 Å². The molecule has 0 radical (unpaired) electrons. The van der Waals surface area contributed by atoms with Gasteiger partial charge in [0.25, 0.3) is 5.91 Å². The number of anilines is 1. The van der Waals surface area contributed by atoms with Gasteiger partial charge in [-0.1, -0.05) is 40.5 Å². The Kier molecular flexibility index (Phi) is 6.03. The van der Waals surface area contributed by atoms with Crippen LogP contribution in [0.4, 0.5) is 5.69 Å². The topological polar surface area (TPSA) is 58.2 Å². The molecule has 0 bridgehead atoms. The van der Waals surface area contributed by atoms with E-state index in [0.717, 1.165) is 18.5 Å². The first-order chi connectivity index (χ1) is 11.3. The molecule has 1 aliphatic carbocycles. The maximum absolute atomic E-state index is 12.2. The second-order valence-corrected chi connectivity index (χ2v) is 8.05. The van der Waals surface area contributed by atoms with Gasteiger partial charge in [-0.25, -0.2) is 0 Å². The number of benzene rings is 1. The van der Waals surface area contributed by atoms with Gasteiger partial charge in [-0.2, -0.15) is 0 Å². The smallest absolute Gasteiger partial charge is 0.251 e. The molecule has 1 aromatic carbocycles. The molecule has 0 heterocycles. The average molecular weight is 330 g/mol. The predicted molar refractivity (Wildman–Crippen MR) is 98.0 cm³/mol. The fraction of sp³-hybridized carbons (Fsp3) is 0.600. The summed E-state index contributed by atoms with van der Waals surface area (Å²) in [6, 6.07) is 7.45. The summed E-state index contributed by atoms with van der Waals surface area (Å²) in [6.45, 7) is 8.52. The van der Waals surface area contributed by atoms with Crippen molar-refractivity contribution in [3.05, 3.63) is 29.8 Å². The molecule has 0 spiro atoms. The molecule has 1 aliphatic rings. The van der Waals surface area contributed by atoms with E-state index < -0.39 is 0 Å². The normalized spacial score (nSPS) is 16.7. The Morgan fingerprint density at radius 1 is 1.12 bits per heavy atom. The number of amides is 2. The highest BCUT2D eigenvalue weighted by molar-refractivity contribution is 5.96. The van der Waals surface area contributed by atoms with Crippen LogP contribution in [0.3, 0.4) is 0 Å². The zero-order valence-corrected chi connectivity index (χ0v) is 15.3. The van der Waals surface area contributed by atoms with E-state index in [1.807, 2.05) is 0 Å². The predicted octanol–water partition coefficient (Wildman–Crippen LogP) is 4.37. The Balaban J connectivity index is 1.87. The van der Waals surface area contributed by atoms with Crippen molar-refractivity contribution < 1.29 is 9.59 Å². The molecule has 4 nitrogen and oxygen atoms in total. The van der Waals surface area contributed by atoms with Gasteiger partial charge in [-0.3, -0.25) is 9.59 Å². The lowest BCUT2D eigenvalue weighted by atomic mass is 9.80. The molecular weight excluding hydrogens is 300 g/mol. The average Bonchev–Trinajstić information content (AvgIpc) is 2.99. The standard InChI is InChI=1S/C20H30N2O2/c1-14(20(2,3)4)13-18(23)21-17-11-9-15(10-12-17)19(24)22-16-7-5-6-8-16/h9-12,14,16H,5-8,13H2,1-4H3,(H,21,23)(H,22,24). The molecule has 132 valence electrons. The van der Waals surface area contributed by atoms with Gasteiger partial charge in [-0.05, 0) is 48.4 Å². The highest BCUT2D eigenvalue weighted by atomic mass is 16.2. The van der Waals surface area contributed by atoms with E-state index in [4.69, 9.17) is 0 Å². The quantitative estimate of drug-likeness (QED) is 0.842. The molecule has 2 rings (SSSR count). The third kappa shape index (κ3) is 5.36. The van der Waals surface area contributed by atoms with Crippen molar-refractivity contribution in [2.24, 2.45) is 11.3 Å². The lowest BCUT2D eigenvalue weighted by Gasteiger charge is -2.26. The summed E-state index contributed by atoms with van der Waals surface area (Å²) in [5.74, 6) is 0.288. The summed E-state index contributed by atoms with van der Waals surface area (Å²) in [4.78, 5) is 24.3. The largest absolute Gasteiger partial charge is 0.349 e. The van der Waals surface area contributed by atoms with E-state index in [2.05, 4.69) is 38.3 Å².